The van der Waals surface area contributed by atoms with Gasteiger partial charge in [0, 0.05) is 0 Å². The Balaban J connectivity index is 0. The van der Waals surface area contributed by atoms with Crippen molar-refractivity contribution in [3.63, 3.8) is 0 Å². The quantitative estimate of drug-likeness (QED) is 0.315. The van der Waals surface area contributed by atoms with Crippen molar-refractivity contribution in [2.24, 2.45) is 0 Å². The summed E-state index contributed by atoms with van der Waals surface area (Å²) in [6, 6.07) is 0. The van der Waals surface area contributed by atoms with Crippen molar-refractivity contribution in [3.05, 3.63) is 0 Å². The molecule has 0 aliphatic heterocycles. The molecule has 146 valence electrons. The molecule has 0 aromatic heterocycles. The van der Waals surface area contributed by atoms with E-state index in [4.69, 9.17) is 0 Å². The third kappa shape index (κ3) is 17.5. The van der Waals surface area contributed by atoms with E-state index in [0.29, 0.717) is 0 Å². The molecule has 0 saturated carbocycles. The molecule has 0 aliphatic rings. The van der Waals surface area contributed by atoms with Crippen LogP contribution in [0.4, 0.5) is 0 Å². The molecule has 14 heteroatoms. The monoisotopic (exact) mass is 770 g/mol. The Morgan fingerprint density at radius 3 is 0.885 bits per heavy atom. The van der Waals surface area contributed by atoms with Gasteiger partial charge in [-0.1, -0.05) is 0 Å². The molecule has 0 unspecified atom stereocenters. The van der Waals surface area contributed by atoms with Gasteiger partial charge in [0.05, 0.1) is 0 Å². The molecule has 26 heavy (non-hydrogen) atoms. The van der Waals surface area contributed by atoms with Crippen molar-refractivity contribution in [2.75, 3.05) is 0 Å². The van der Waals surface area contributed by atoms with Crippen LogP contribution in [0.15, 0.2) is 0 Å². The molecular formula is C12H18O12Pb2. The van der Waals surface area contributed by atoms with E-state index in [2.05, 4.69) is 16.1 Å². The fraction of sp³-hybridized carbons (Fsp3) is 0.500. The molecule has 0 bridgehead atoms. The molecule has 0 fully saturated rings. The van der Waals surface area contributed by atoms with Gasteiger partial charge in [-0.15, -0.1) is 0 Å². The van der Waals surface area contributed by atoms with Gasteiger partial charge in [0.2, 0.25) is 0 Å². The van der Waals surface area contributed by atoms with Crippen molar-refractivity contribution in [1.82, 2.24) is 0 Å². The molecule has 0 rings (SSSR count). The van der Waals surface area contributed by atoms with Crippen molar-refractivity contribution in [2.45, 2.75) is 41.5 Å². The van der Waals surface area contributed by atoms with Gasteiger partial charge in [-0.2, -0.15) is 0 Å². The Labute approximate surface area is 169 Å². The van der Waals surface area contributed by atoms with Crippen LogP contribution < -0.4 is 0 Å². The van der Waals surface area contributed by atoms with Gasteiger partial charge in [-0.25, -0.2) is 0 Å². The van der Waals surface area contributed by atoms with Crippen LogP contribution in [-0.4, -0.2) is 83.9 Å². The topological polar surface area (TPSA) is 158 Å². The van der Waals surface area contributed by atoms with E-state index in [9.17, 15) is 28.8 Å². The van der Waals surface area contributed by atoms with E-state index in [-0.39, 0.29) is 11.9 Å². The zero-order valence-electron chi connectivity index (χ0n) is 14.9. The van der Waals surface area contributed by atoms with Gasteiger partial charge in [-0.3, -0.25) is 0 Å². The van der Waals surface area contributed by atoms with Crippen LogP contribution in [0.25, 0.3) is 0 Å². The van der Waals surface area contributed by atoms with Gasteiger partial charge >= 0.3 is 170 Å². The average Bonchev–Trinajstić information content (AvgIpc) is 2.33. The van der Waals surface area contributed by atoms with Crippen molar-refractivity contribution >= 4 is 83.9 Å². The Morgan fingerprint density at radius 2 is 0.731 bits per heavy atom. The van der Waals surface area contributed by atoms with Crippen LogP contribution in [-0.2, 0) is 44.9 Å². The summed E-state index contributed by atoms with van der Waals surface area (Å²) in [5.74, 6) is -4.27. The zero-order valence-corrected chi connectivity index (χ0v) is 22.7. The summed E-state index contributed by atoms with van der Waals surface area (Å²) in [4.78, 5) is 63.6. The van der Waals surface area contributed by atoms with Crippen molar-refractivity contribution in [1.29, 1.82) is 0 Å². The Kier molecular flexibility index (Phi) is 14.3. The van der Waals surface area contributed by atoms with Crippen molar-refractivity contribution in [3.8, 4) is 0 Å². The summed E-state index contributed by atoms with van der Waals surface area (Å²) >= 11 is -7.25. The van der Waals surface area contributed by atoms with Crippen LogP contribution in [0.3, 0.4) is 0 Å². The number of rotatable bonds is 6. The number of carbonyl (C=O) groups excluding carboxylic acids is 6. The van der Waals surface area contributed by atoms with Crippen LogP contribution in [0.5, 0.6) is 0 Å². The molecule has 0 aromatic carbocycles. The second-order valence-electron chi connectivity index (χ2n) is 4.15. The Hall–Kier alpha value is -1.34. The van der Waals surface area contributed by atoms with E-state index >= 15 is 0 Å². The number of hydrogen-bond donors (Lipinski definition) is 0. The van der Waals surface area contributed by atoms with Crippen LogP contribution in [0.2, 0.25) is 0 Å². The van der Waals surface area contributed by atoms with E-state index < -0.39 is 72.0 Å². The summed E-state index contributed by atoms with van der Waals surface area (Å²) < 4.78 is 27.4. The van der Waals surface area contributed by atoms with Gasteiger partial charge < -0.3 is 0 Å². The molecule has 0 atom stereocenters. The fourth-order valence-corrected chi connectivity index (χ4v) is 8.49. The zero-order chi connectivity index (χ0) is 20.9. The molecule has 2 radical (unpaired) electrons. The Bertz CT molecular complexity index is 475. The number of carbonyl (C=O) groups is 6. The molecule has 0 heterocycles. The second kappa shape index (κ2) is 13.8. The SMILES string of the molecule is CC(=O)[O][Pb]([O]C(C)=O)([O]C(C)=O)[O]C(C)=O.CC(=O)[O][Pb][O]C(C)=O. The van der Waals surface area contributed by atoms with E-state index in [0.717, 1.165) is 27.7 Å². The van der Waals surface area contributed by atoms with E-state index in [1.165, 1.54) is 13.8 Å². The molecule has 0 aromatic rings. The fourth-order valence-electron chi connectivity index (χ4n) is 0.967. The van der Waals surface area contributed by atoms with Gasteiger partial charge in [-0.05, 0) is 0 Å². The average molecular weight is 769 g/mol. The predicted molar refractivity (Wildman–Crippen MR) is 82.1 cm³/mol. The van der Waals surface area contributed by atoms with E-state index in [1.807, 2.05) is 0 Å². The molecular weight excluding hydrogens is 751 g/mol. The molecule has 0 spiro atoms. The summed E-state index contributed by atoms with van der Waals surface area (Å²) in [5.41, 5.74) is 0. The summed E-state index contributed by atoms with van der Waals surface area (Å²) in [6.45, 7) is 6.60. The summed E-state index contributed by atoms with van der Waals surface area (Å²) in [7, 11) is 0. The first-order valence-corrected chi connectivity index (χ1v) is 16.2. The van der Waals surface area contributed by atoms with Gasteiger partial charge in [0.1, 0.15) is 0 Å². The van der Waals surface area contributed by atoms with Crippen LogP contribution >= 0.6 is 0 Å². The maximum absolute atomic E-state index is 10.9. The van der Waals surface area contributed by atoms with Crippen LogP contribution in [0, 0.1) is 0 Å². The Morgan fingerprint density at radius 1 is 0.500 bits per heavy atom. The minimum absolute atomic E-state index is 0.375. The summed E-state index contributed by atoms with van der Waals surface area (Å²) in [5, 5.41) is 0. The third-order valence-electron chi connectivity index (χ3n) is 1.45. The van der Waals surface area contributed by atoms with Gasteiger partial charge in [0.15, 0.2) is 0 Å². The molecule has 0 N–H and O–H groups in total. The van der Waals surface area contributed by atoms with E-state index in [1.54, 1.807) is 0 Å². The normalized spacial score (nSPS) is 9.46. The first kappa shape index (κ1) is 26.9. The molecule has 0 aliphatic carbocycles. The predicted octanol–water partition coefficient (Wildman–Crippen LogP) is -0.679. The molecule has 12 nitrogen and oxygen atoms in total. The molecule has 0 saturated heterocycles. The first-order valence-electron chi connectivity index (χ1n) is 6.67. The molecule has 0 amide bonds. The third-order valence-corrected chi connectivity index (χ3v) is 12.7. The second-order valence-corrected chi connectivity index (χ2v) is 13.4. The maximum atomic E-state index is 10.9. The standard InChI is InChI=1S/6C2H4O2.2Pb/c6*1-2(3)4;;/h6*1H3,(H,3,4);;/q;;;;;;+2;+4/p-6. The first-order chi connectivity index (χ1) is 11.8. The van der Waals surface area contributed by atoms with Crippen molar-refractivity contribution < 1.29 is 44.9 Å². The number of hydrogen-bond acceptors (Lipinski definition) is 12. The van der Waals surface area contributed by atoms with Crippen LogP contribution in [0.1, 0.15) is 41.5 Å². The summed E-state index contributed by atoms with van der Waals surface area (Å²) in [6.07, 6.45) is 0. The minimum atomic E-state index is -5.43. The van der Waals surface area contributed by atoms with Gasteiger partial charge in [0.25, 0.3) is 0 Å².